The van der Waals surface area contributed by atoms with Crippen molar-refractivity contribution in [2.24, 2.45) is 5.92 Å². The lowest BCUT2D eigenvalue weighted by Gasteiger charge is -2.19. The first kappa shape index (κ1) is 14.6. The summed E-state index contributed by atoms with van der Waals surface area (Å²) >= 11 is 5.89. The van der Waals surface area contributed by atoms with Crippen molar-refractivity contribution >= 4 is 34.7 Å². The van der Waals surface area contributed by atoms with E-state index in [1.807, 2.05) is 13.8 Å². The van der Waals surface area contributed by atoms with Gasteiger partial charge in [0, 0.05) is 6.20 Å². The molecule has 0 spiro atoms. The molecule has 0 fully saturated rings. The van der Waals surface area contributed by atoms with Crippen LogP contribution in [0.25, 0.3) is 11.2 Å². The second-order valence-electron chi connectivity index (χ2n) is 5.00. The quantitative estimate of drug-likeness (QED) is 0.876. The SMILES string of the molecule is COC(=O)C(CC(C)C)n1c(N)nc2cc(Cl)cnc21. The molecule has 2 aromatic heterocycles. The summed E-state index contributed by atoms with van der Waals surface area (Å²) in [6.07, 6.45) is 2.10. The van der Waals surface area contributed by atoms with Crippen LogP contribution in [-0.2, 0) is 9.53 Å². The number of pyridine rings is 1. The molecule has 0 bridgehead atoms. The minimum atomic E-state index is -0.543. The molecule has 0 saturated heterocycles. The van der Waals surface area contributed by atoms with Gasteiger partial charge in [0.1, 0.15) is 11.6 Å². The van der Waals surface area contributed by atoms with E-state index in [-0.39, 0.29) is 11.9 Å². The van der Waals surface area contributed by atoms with E-state index in [2.05, 4.69) is 9.97 Å². The first-order valence-corrected chi connectivity index (χ1v) is 6.68. The Kier molecular flexibility index (Phi) is 4.13. The maximum Gasteiger partial charge on any atom is 0.329 e. The smallest absolute Gasteiger partial charge is 0.329 e. The lowest BCUT2D eigenvalue weighted by Crippen LogP contribution is -2.24. The normalized spacial score (nSPS) is 12.8. The fourth-order valence-electron chi connectivity index (χ4n) is 2.17. The average Bonchev–Trinajstić information content (AvgIpc) is 2.69. The van der Waals surface area contributed by atoms with Crippen LogP contribution in [0.5, 0.6) is 0 Å². The van der Waals surface area contributed by atoms with E-state index in [1.54, 1.807) is 10.6 Å². The summed E-state index contributed by atoms with van der Waals surface area (Å²) in [4.78, 5) is 20.5. The Labute approximate surface area is 121 Å². The van der Waals surface area contributed by atoms with Crippen LogP contribution >= 0.6 is 11.6 Å². The van der Waals surface area contributed by atoms with Gasteiger partial charge >= 0.3 is 5.97 Å². The van der Waals surface area contributed by atoms with Gasteiger partial charge in [0.25, 0.3) is 0 Å². The zero-order valence-corrected chi connectivity index (χ0v) is 12.4. The number of nitrogens with two attached hydrogens (primary N) is 1. The van der Waals surface area contributed by atoms with Gasteiger partial charge in [-0.05, 0) is 18.4 Å². The largest absolute Gasteiger partial charge is 0.467 e. The summed E-state index contributed by atoms with van der Waals surface area (Å²) in [6.45, 7) is 4.05. The number of nitrogen functional groups attached to an aromatic ring is 1. The maximum atomic E-state index is 12.0. The highest BCUT2D eigenvalue weighted by molar-refractivity contribution is 6.31. The minimum Gasteiger partial charge on any atom is -0.467 e. The van der Waals surface area contributed by atoms with E-state index in [1.165, 1.54) is 13.3 Å². The van der Waals surface area contributed by atoms with Crippen LogP contribution in [0, 0.1) is 5.92 Å². The molecule has 108 valence electrons. The average molecular weight is 297 g/mol. The third kappa shape index (κ3) is 2.70. The van der Waals surface area contributed by atoms with Crippen LogP contribution in [0.3, 0.4) is 0 Å². The third-order valence-corrected chi connectivity index (χ3v) is 3.21. The Morgan fingerprint density at radius 2 is 2.25 bits per heavy atom. The Bertz CT molecular complexity index is 639. The number of halogens is 1. The van der Waals surface area contributed by atoms with Crippen molar-refractivity contribution in [1.29, 1.82) is 0 Å². The fourth-order valence-corrected chi connectivity index (χ4v) is 2.32. The third-order valence-electron chi connectivity index (χ3n) is 3.00. The number of fused-ring (bicyclic) bond motifs is 1. The van der Waals surface area contributed by atoms with Crippen molar-refractivity contribution < 1.29 is 9.53 Å². The molecule has 7 heteroatoms. The van der Waals surface area contributed by atoms with Crippen molar-refractivity contribution in [3.63, 3.8) is 0 Å². The summed E-state index contributed by atoms with van der Waals surface area (Å²) in [7, 11) is 1.36. The molecule has 0 aliphatic carbocycles. The summed E-state index contributed by atoms with van der Waals surface area (Å²) in [6, 6.07) is 1.12. The van der Waals surface area contributed by atoms with Gasteiger partial charge in [-0.3, -0.25) is 4.57 Å². The maximum absolute atomic E-state index is 12.0. The number of rotatable bonds is 4. The first-order chi connectivity index (χ1) is 9.43. The van der Waals surface area contributed by atoms with E-state index < -0.39 is 6.04 Å². The number of esters is 1. The van der Waals surface area contributed by atoms with Gasteiger partial charge in [0.2, 0.25) is 5.95 Å². The summed E-state index contributed by atoms with van der Waals surface area (Å²) in [5, 5.41) is 0.473. The van der Waals surface area contributed by atoms with E-state index in [0.29, 0.717) is 28.5 Å². The number of anilines is 1. The number of carbonyl (C=O) groups excluding carboxylic acids is 1. The van der Waals surface area contributed by atoms with Gasteiger partial charge in [-0.15, -0.1) is 0 Å². The van der Waals surface area contributed by atoms with Gasteiger partial charge in [-0.2, -0.15) is 0 Å². The predicted octanol–water partition coefficient (Wildman–Crippen LogP) is 2.43. The van der Waals surface area contributed by atoms with Crippen LogP contribution in [0.2, 0.25) is 5.02 Å². The van der Waals surface area contributed by atoms with Gasteiger partial charge < -0.3 is 10.5 Å². The molecule has 0 saturated carbocycles. The number of hydrogen-bond donors (Lipinski definition) is 1. The number of aromatic nitrogens is 3. The molecule has 0 radical (unpaired) electrons. The molecule has 2 N–H and O–H groups in total. The molecule has 2 heterocycles. The molecular formula is C13H17ClN4O2. The van der Waals surface area contributed by atoms with E-state index in [9.17, 15) is 4.79 Å². The number of methoxy groups -OCH3 is 1. The molecule has 0 aliphatic heterocycles. The van der Waals surface area contributed by atoms with Gasteiger partial charge in [-0.25, -0.2) is 14.8 Å². The van der Waals surface area contributed by atoms with Crippen molar-refractivity contribution in [1.82, 2.24) is 14.5 Å². The Morgan fingerprint density at radius 3 is 2.85 bits per heavy atom. The summed E-state index contributed by atoms with van der Waals surface area (Å²) in [5.74, 6) is 0.163. The Hall–Kier alpha value is -1.82. The second kappa shape index (κ2) is 5.66. The van der Waals surface area contributed by atoms with Crippen molar-refractivity contribution in [3.8, 4) is 0 Å². The van der Waals surface area contributed by atoms with Crippen LogP contribution in [0.4, 0.5) is 5.95 Å². The van der Waals surface area contributed by atoms with Crippen LogP contribution in [-0.4, -0.2) is 27.6 Å². The number of carbonyl (C=O) groups is 1. The highest BCUT2D eigenvalue weighted by atomic mass is 35.5. The van der Waals surface area contributed by atoms with Crippen molar-refractivity contribution in [3.05, 3.63) is 17.3 Å². The van der Waals surface area contributed by atoms with Gasteiger partial charge in [0.15, 0.2) is 5.65 Å². The lowest BCUT2D eigenvalue weighted by atomic mass is 10.0. The number of imidazole rings is 1. The monoisotopic (exact) mass is 296 g/mol. The minimum absolute atomic E-state index is 0.228. The zero-order valence-electron chi connectivity index (χ0n) is 11.6. The molecule has 1 unspecified atom stereocenters. The van der Waals surface area contributed by atoms with Crippen molar-refractivity contribution in [2.45, 2.75) is 26.3 Å². The fraction of sp³-hybridized carbons (Fsp3) is 0.462. The molecule has 0 amide bonds. The second-order valence-corrected chi connectivity index (χ2v) is 5.44. The molecule has 0 aromatic carbocycles. The highest BCUT2D eigenvalue weighted by Crippen LogP contribution is 2.28. The number of ether oxygens (including phenoxy) is 1. The molecule has 0 aliphatic rings. The standard InChI is InChI=1S/C13H17ClN4O2/c1-7(2)4-10(12(19)20-3)18-11-9(17-13(18)15)5-8(14)6-16-11/h5-7,10H,4H2,1-3H3,(H2,15,17). The Morgan fingerprint density at radius 1 is 1.55 bits per heavy atom. The van der Waals surface area contributed by atoms with E-state index in [0.717, 1.165) is 0 Å². The van der Waals surface area contributed by atoms with E-state index >= 15 is 0 Å². The molecule has 6 nitrogen and oxygen atoms in total. The summed E-state index contributed by atoms with van der Waals surface area (Å²) < 4.78 is 6.48. The van der Waals surface area contributed by atoms with Crippen molar-refractivity contribution in [2.75, 3.05) is 12.8 Å². The molecule has 20 heavy (non-hydrogen) atoms. The molecule has 2 aromatic rings. The zero-order chi connectivity index (χ0) is 14.9. The van der Waals surface area contributed by atoms with Crippen LogP contribution < -0.4 is 5.73 Å². The van der Waals surface area contributed by atoms with Gasteiger partial charge in [0.05, 0.1) is 12.1 Å². The van der Waals surface area contributed by atoms with E-state index in [4.69, 9.17) is 22.1 Å². The molecule has 1 atom stereocenters. The van der Waals surface area contributed by atoms with Crippen LogP contribution in [0.15, 0.2) is 12.3 Å². The molecule has 2 rings (SSSR count). The summed E-state index contributed by atoms with van der Waals surface area (Å²) in [5.41, 5.74) is 7.03. The lowest BCUT2D eigenvalue weighted by molar-refractivity contribution is -0.145. The Balaban J connectivity index is 2.57. The number of nitrogens with zero attached hydrogens (tertiary/aromatic N) is 3. The number of hydrogen-bond acceptors (Lipinski definition) is 5. The topological polar surface area (TPSA) is 83.0 Å². The molecular weight excluding hydrogens is 280 g/mol. The van der Waals surface area contributed by atoms with Gasteiger partial charge in [-0.1, -0.05) is 25.4 Å². The first-order valence-electron chi connectivity index (χ1n) is 6.30. The highest BCUT2D eigenvalue weighted by Gasteiger charge is 2.27. The van der Waals surface area contributed by atoms with Crippen LogP contribution in [0.1, 0.15) is 26.3 Å². The predicted molar refractivity (Wildman–Crippen MR) is 77.5 cm³/mol.